The highest BCUT2D eigenvalue weighted by Gasteiger charge is 2.25. The van der Waals surface area contributed by atoms with Gasteiger partial charge >= 0.3 is 0 Å². The minimum Gasteiger partial charge on any atom is -0.231 e. The maximum atomic E-state index is 5.45. The highest BCUT2D eigenvalue weighted by molar-refractivity contribution is 7.82. The first-order chi connectivity index (χ1) is 7.24. The SMILES string of the molecule is CCC(=S)C1=[N+](C)CCc2ccccc21. The molecule has 0 atom stereocenters. The summed E-state index contributed by atoms with van der Waals surface area (Å²) >= 11 is 5.45. The average Bonchev–Trinajstić information content (AvgIpc) is 2.28. The number of fused-ring (bicyclic) bond motifs is 1. The van der Waals surface area contributed by atoms with Gasteiger partial charge in [-0.1, -0.05) is 37.3 Å². The summed E-state index contributed by atoms with van der Waals surface area (Å²) in [6.07, 6.45) is 2.08. The molecule has 1 aliphatic heterocycles. The third kappa shape index (κ3) is 1.86. The van der Waals surface area contributed by atoms with Crippen molar-refractivity contribution in [1.82, 2.24) is 0 Å². The van der Waals surface area contributed by atoms with Crippen LogP contribution in [0.5, 0.6) is 0 Å². The smallest absolute Gasteiger partial charge is 0.221 e. The fraction of sp³-hybridized carbons (Fsp3) is 0.385. The lowest BCUT2D eigenvalue weighted by Crippen LogP contribution is -2.32. The van der Waals surface area contributed by atoms with Gasteiger partial charge < -0.3 is 0 Å². The predicted molar refractivity (Wildman–Crippen MR) is 68.2 cm³/mol. The van der Waals surface area contributed by atoms with E-state index in [-0.39, 0.29) is 0 Å². The van der Waals surface area contributed by atoms with Crippen molar-refractivity contribution in [3.05, 3.63) is 35.4 Å². The van der Waals surface area contributed by atoms with E-state index in [1.54, 1.807) is 0 Å². The number of nitrogens with zero attached hydrogens (tertiary/aromatic N) is 1. The summed E-state index contributed by atoms with van der Waals surface area (Å²) in [5.41, 5.74) is 4.02. The molecule has 0 unspecified atom stereocenters. The van der Waals surface area contributed by atoms with Crippen LogP contribution in [0.25, 0.3) is 0 Å². The summed E-state index contributed by atoms with van der Waals surface area (Å²) in [4.78, 5) is 1.07. The molecule has 0 aromatic heterocycles. The molecule has 0 fully saturated rings. The average molecular weight is 218 g/mol. The van der Waals surface area contributed by atoms with Crippen LogP contribution in [0.1, 0.15) is 24.5 Å². The van der Waals surface area contributed by atoms with Gasteiger partial charge in [0.2, 0.25) is 5.71 Å². The first kappa shape index (κ1) is 10.5. The standard InChI is InChI=1S/C13H16NS/c1-3-12(15)13-11-7-5-4-6-10(11)8-9-14(13)2/h4-7H,3,8-9H2,1-2H3/q+1. The van der Waals surface area contributed by atoms with Crippen molar-refractivity contribution in [2.24, 2.45) is 0 Å². The lowest BCUT2D eigenvalue weighted by Gasteiger charge is -2.16. The first-order valence-electron chi connectivity index (χ1n) is 5.43. The summed E-state index contributed by atoms with van der Waals surface area (Å²) in [6.45, 7) is 3.20. The summed E-state index contributed by atoms with van der Waals surface area (Å²) in [7, 11) is 2.13. The Morgan fingerprint density at radius 2 is 2.13 bits per heavy atom. The molecule has 15 heavy (non-hydrogen) atoms. The molecule has 0 bridgehead atoms. The van der Waals surface area contributed by atoms with E-state index in [1.165, 1.54) is 16.8 Å². The third-order valence-corrected chi connectivity index (χ3v) is 3.44. The molecule has 0 amide bonds. The first-order valence-corrected chi connectivity index (χ1v) is 5.84. The van der Waals surface area contributed by atoms with Crippen molar-refractivity contribution >= 4 is 22.8 Å². The van der Waals surface area contributed by atoms with Crippen LogP contribution in [0.3, 0.4) is 0 Å². The fourth-order valence-corrected chi connectivity index (χ4v) is 2.37. The Morgan fingerprint density at radius 1 is 1.40 bits per heavy atom. The highest BCUT2D eigenvalue weighted by atomic mass is 32.1. The lowest BCUT2D eigenvalue weighted by atomic mass is 9.94. The molecule has 0 N–H and O–H groups in total. The second-order valence-corrected chi connectivity index (χ2v) is 4.45. The Labute approximate surface area is 96.4 Å². The molecule has 78 valence electrons. The van der Waals surface area contributed by atoms with Crippen molar-refractivity contribution in [2.75, 3.05) is 13.6 Å². The molecular formula is C13H16NS+. The molecule has 1 aliphatic rings. The van der Waals surface area contributed by atoms with Crippen molar-refractivity contribution < 1.29 is 4.58 Å². The van der Waals surface area contributed by atoms with Crippen LogP contribution in [0.2, 0.25) is 0 Å². The fourth-order valence-electron chi connectivity index (χ4n) is 2.11. The number of likely N-dealkylation sites (N-methyl/N-ethyl adjacent to an activating group) is 1. The summed E-state index contributed by atoms with van der Waals surface area (Å²) in [5.74, 6) is 0. The molecule has 1 aromatic rings. The molecule has 2 heteroatoms. The zero-order valence-electron chi connectivity index (χ0n) is 9.29. The second-order valence-electron chi connectivity index (χ2n) is 3.95. The van der Waals surface area contributed by atoms with Gasteiger partial charge in [0.25, 0.3) is 0 Å². The van der Waals surface area contributed by atoms with Gasteiger partial charge in [0, 0.05) is 6.42 Å². The highest BCUT2D eigenvalue weighted by Crippen LogP contribution is 2.16. The largest absolute Gasteiger partial charge is 0.231 e. The van der Waals surface area contributed by atoms with E-state index in [4.69, 9.17) is 12.2 Å². The normalized spacial score (nSPS) is 15.1. The second kappa shape index (κ2) is 4.23. The van der Waals surface area contributed by atoms with E-state index in [0.717, 1.165) is 24.3 Å². The van der Waals surface area contributed by atoms with E-state index in [9.17, 15) is 0 Å². The van der Waals surface area contributed by atoms with E-state index >= 15 is 0 Å². The molecule has 1 aromatic carbocycles. The van der Waals surface area contributed by atoms with Gasteiger partial charge in [-0.3, -0.25) is 0 Å². The minimum absolute atomic E-state index is 0.948. The van der Waals surface area contributed by atoms with E-state index in [1.807, 2.05) is 0 Å². The summed E-state index contributed by atoms with van der Waals surface area (Å²) in [5, 5.41) is 0. The molecule has 0 saturated carbocycles. The van der Waals surface area contributed by atoms with E-state index < -0.39 is 0 Å². The predicted octanol–water partition coefficient (Wildman–Crippen LogP) is 2.45. The van der Waals surface area contributed by atoms with Crippen LogP contribution >= 0.6 is 12.2 Å². The van der Waals surface area contributed by atoms with Crippen molar-refractivity contribution in [1.29, 1.82) is 0 Å². The van der Waals surface area contributed by atoms with Gasteiger partial charge in [0.05, 0.1) is 10.4 Å². The van der Waals surface area contributed by atoms with Gasteiger partial charge in [0.1, 0.15) is 13.6 Å². The Hall–Kier alpha value is -1.02. The monoisotopic (exact) mass is 218 g/mol. The number of hydrogen-bond acceptors (Lipinski definition) is 1. The van der Waals surface area contributed by atoms with Gasteiger partial charge in [-0.25, -0.2) is 4.58 Å². The van der Waals surface area contributed by atoms with Crippen LogP contribution in [0, 0.1) is 0 Å². The Kier molecular flexibility index (Phi) is 2.96. The molecular weight excluding hydrogens is 202 g/mol. The topological polar surface area (TPSA) is 3.01 Å². The number of rotatable bonds is 2. The van der Waals surface area contributed by atoms with Crippen molar-refractivity contribution in [3.8, 4) is 0 Å². The van der Waals surface area contributed by atoms with Gasteiger partial charge in [-0.15, -0.1) is 0 Å². The van der Waals surface area contributed by atoms with Gasteiger partial charge in [-0.05, 0) is 18.1 Å². The zero-order chi connectivity index (χ0) is 10.8. The summed E-state index contributed by atoms with van der Waals surface area (Å²) in [6, 6.07) is 8.59. The van der Waals surface area contributed by atoms with Crippen LogP contribution in [-0.2, 0) is 6.42 Å². The van der Waals surface area contributed by atoms with Crippen LogP contribution in [-0.4, -0.2) is 28.7 Å². The van der Waals surface area contributed by atoms with Crippen LogP contribution < -0.4 is 0 Å². The van der Waals surface area contributed by atoms with E-state index in [0.29, 0.717) is 0 Å². The van der Waals surface area contributed by atoms with Crippen molar-refractivity contribution in [3.63, 3.8) is 0 Å². The molecule has 2 rings (SSSR count). The van der Waals surface area contributed by atoms with Crippen LogP contribution in [0.4, 0.5) is 0 Å². The lowest BCUT2D eigenvalue weighted by molar-refractivity contribution is -0.496. The van der Waals surface area contributed by atoms with E-state index in [2.05, 4.69) is 42.8 Å². The number of thiocarbonyl (C=S) groups is 1. The number of benzene rings is 1. The summed E-state index contributed by atoms with van der Waals surface area (Å²) < 4.78 is 2.29. The number of hydrogen-bond donors (Lipinski definition) is 0. The molecule has 0 saturated heterocycles. The van der Waals surface area contributed by atoms with Gasteiger partial charge in [-0.2, -0.15) is 0 Å². The Bertz CT molecular complexity index is 432. The van der Waals surface area contributed by atoms with Crippen LogP contribution in [0.15, 0.2) is 24.3 Å². The van der Waals surface area contributed by atoms with Gasteiger partial charge in [0.15, 0.2) is 0 Å². The van der Waals surface area contributed by atoms with Crippen molar-refractivity contribution in [2.45, 2.75) is 19.8 Å². The molecule has 1 nitrogen and oxygen atoms in total. The molecule has 1 heterocycles. The Balaban J connectivity index is 2.55. The maximum Gasteiger partial charge on any atom is 0.221 e. The minimum atomic E-state index is 0.948. The third-order valence-electron chi connectivity index (χ3n) is 2.96. The maximum absolute atomic E-state index is 5.45. The quantitative estimate of drug-likeness (QED) is 0.544. The molecule has 0 spiro atoms. The zero-order valence-corrected chi connectivity index (χ0v) is 10.1. The Morgan fingerprint density at radius 3 is 2.87 bits per heavy atom. The molecule has 0 aliphatic carbocycles. The molecule has 0 radical (unpaired) electrons.